The Morgan fingerprint density at radius 3 is 1.23 bits per heavy atom. The maximum absolute atomic E-state index is 10.4. The second-order valence-corrected chi connectivity index (χ2v) is 3.76. The van der Waals surface area contributed by atoms with Crippen molar-refractivity contribution < 1.29 is 19.9 Å². The fourth-order valence-corrected chi connectivity index (χ4v) is 1.36. The van der Waals surface area contributed by atoms with Gasteiger partial charge in [-0.05, 0) is 0 Å². The van der Waals surface area contributed by atoms with Crippen LogP contribution < -0.4 is 0 Å². The Morgan fingerprint density at radius 1 is 0.682 bits per heavy atom. The summed E-state index contributed by atoms with van der Waals surface area (Å²) in [6, 6.07) is 12.9. The fraction of sp³-hybridized carbons (Fsp3) is 0. The molecular formula is C12H9N3O7. The second kappa shape index (κ2) is 7.28. The standard InChI is InChI=1S/C6H3N3O7.C6H6/c10-6-4(8(13)14)1-3(7(11)12)2-5(6)9(15)16;1-2-4-6-5-3-1/h1-2,10H;1-6H. The molecule has 0 unspecified atom stereocenters. The number of nitro benzene ring substituents is 3. The normalized spacial score (nSPS) is 9.27. The zero-order valence-electron chi connectivity index (χ0n) is 10.9. The van der Waals surface area contributed by atoms with E-state index in [0.29, 0.717) is 12.1 Å². The van der Waals surface area contributed by atoms with Gasteiger partial charge in [0.2, 0.25) is 0 Å². The Kier molecular flexibility index (Phi) is 5.46. The van der Waals surface area contributed by atoms with Crippen LogP contribution in [0.5, 0.6) is 5.75 Å². The van der Waals surface area contributed by atoms with Gasteiger partial charge in [-0.3, -0.25) is 30.3 Å². The van der Waals surface area contributed by atoms with Crippen molar-refractivity contribution in [2.45, 2.75) is 0 Å². The van der Waals surface area contributed by atoms with Crippen molar-refractivity contribution in [2.24, 2.45) is 0 Å². The predicted molar refractivity (Wildman–Crippen MR) is 74.5 cm³/mol. The average molecular weight is 307 g/mol. The minimum absolute atomic E-state index is 0.447. The van der Waals surface area contributed by atoms with Crippen LogP contribution in [0.1, 0.15) is 0 Å². The van der Waals surface area contributed by atoms with Gasteiger partial charge in [0.05, 0.1) is 26.9 Å². The van der Waals surface area contributed by atoms with Gasteiger partial charge in [-0.15, -0.1) is 0 Å². The Bertz CT molecular complexity index is 641. The zero-order valence-corrected chi connectivity index (χ0v) is 10.9. The van der Waals surface area contributed by atoms with E-state index in [1.54, 1.807) is 0 Å². The van der Waals surface area contributed by atoms with E-state index in [9.17, 15) is 30.3 Å². The molecule has 10 nitrogen and oxygen atoms in total. The molecule has 0 aliphatic heterocycles. The molecule has 0 bridgehead atoms. The van der Waals surface area contributed by atoms with Gasteiger partial charge in [0.15, 0.2) is 0 Å². The molecule has 22 heavy (non-hydrogen) atoms. The zero-order chi connectivity index (χ0) is 16.7. The highest BCUT2D eigenvalue weighted by atomic mass is 16.6. The molecular weight excluding hydrogens is 298 g/mol. The van der Waals surface area contributed by atoms with Crippen LogP contribution in [0, 0.1) is 30.3 Å². The first-order valence-electron chi connectivity index (χ1n) is 5.64. The van der Waals surface area contributed by atoms with Gasteiger partial charge in [0.1, 0.15) is 0 Å². The van der Waals surface area contributed by atoms with Crippen molar-refractivity contribution in [3.05, 3.63) is 78.9 Å². The van der Waals surface area contributed by atoms with E-state index in [-0.39, 0.29) is 0 Å². The average Bonchev–Trinajstić information content (AvgIpc) is 2.49. The Balaban J connectivity index is 0.000000335. The summed E-state index contributed by atoms with van der Waals surface area (Å²) >= 11 is 0. The van der Waals surface area contributed by atoms with E-state index in [4.69, 9.17) is 5.11 Å². The molecule has 0 radical (unpaired) electrons. The van der Waals surface area contributed by atoms with Crippen molar-refractivity contribution >= 4 is 17.1 Å². The largest absolute Gasteiger partial charge is 0.497 e. The molecule has 0 saturated heterocycles. The van der Waals surface area contributed by atoms with Crippen LogP contribution in [0.15, 0.2) is 48.5 Å². The predicted octanol–water partition coefficient (Wildman–Crippen LogP) is 2.80. The monoisotopic (exact) mass is 307 g/mol. The Labute approximate surface area is 122 Å². The van der Waals surface area contributed by atoms with Gasteiger partial charge in [-0.2, -0.15) is 0 Å². The first kappa shape index (κ1) is 16.5. The van der Waals surface area contributed by atoms with Crippen molar-refractivity contribution in [1.29, 1.82) is 0 Å². The van der Waals surface area contributed by atoms with Gasteiger partial charge >= 0.3 is 11.4 Å². The molecule has 0 fully saturated rings. The summed E-state index contributed by atoms with van der Waals surface area (Å²) in [6.07, 6.45) is 0. The van der Waals surface area contributed by atoms with E-state index in [2.05, 4.69) is 0 Å². The summed E-state index contributed by atoms with van der Waals surface area (Å²) in [5.74, 6) is -1.21. The third kappa shape index (κ3) is 4.23. The van der Waals surface area contributed by atoms with Gasteiger partial charge < -0.3 is 5.11 Å². The molecule has 0 aromatic heterocycles. The Morgan fingerprint density at radius 2 is 1.00 bits per heavy atom. The van der Waals surface area contributed by atoms with Crippen LogP contribution in [0.3, 0.4) is 0 Å². The summed E-state index contributed by atoms with van der Waals surface area (Å²) in [5.41, 5.74) is -3.00. The van der Waals surface area contributed by atoms with Crippen LogP contribution >= 0.6 is 0 Å². The fourth-order valence-electron chi connectivity index (χ4n) is 1.36. The van der Waals surface area contributed by atoms with E-state index in [1.807, 2.05) is 36.4 Å². The van der Waals surface area contributed by atoms with E-state index < -0.39 is 37.6 Å². The van der Waals surface area contributed by atoms with Crippen LogP contribution in [-0.4, -0.2) is 19.9 Å². The molecule has 0 saturated carbocycles. The van der Waals surface area contributed by atoms with Crippen molar-refractivity contribution in [3.63, 3.8) is 0 Å². The quantitative estimate of drug-likeness (QED) is 0.676. The molecule has 0 aliphatic rings. The number of nitrogens with zero attached hydrogens (tertiary/aromatic N) is 3. The second-order valence-electron chi connectivity index (χ2n) is 3.76. The van der Waals surface area contributed by atoms with Crippen molar-refractivity contribution in [2.75, 3.05) is 0 Å². The maximum atomic E-state index is 10.4. The molecule has 2 aromatic carbocycles. The number of hydrogen-bond acceptors (Lipinski definition) is 7. The van der Waals surface area contributed by atoms with Crippen LogP contribution in [0.4, 0.5) is 17.1 Å². The maximum Gasteiger partial charge on any atom is 0.324 e. The first-order chi connectivity index (χ1) is 10.3. The van der Waals surface area contributed by atoms with E-state index in [1.165, 1.54) is 0 Å². The lowest BCUT2D eigenvalue weighted by Crippen LogP contribution is -1.97. The first-order valence-corrected chi connectivity index (χ1v) is 5.64. The summed E-state index contributed by atoms with van der Waals surface area (Å²) in [5, 5.41) is 40.2. The SMILES string of the molecule is O=[N+]([O-])c1cc([N+](=O)[O-])c(O)c([N+](=O)[O-])c1.c1ccccc1. The third-order valence-corrected chi connectivity index (χ3v) is 2.33. The van der Waals surface area contributed by atoms with Gasteiger partial charge in [-0.25, -0.2) is 0 Å². The number of phenols is 1. The van der Waals surface area contributed by atoms with Crippen molar-refractivity contribution in [1.82, 2.24) is 0 Å². The molecule has 1 N–H and O–H groups in total. The molecule has 0 spiro atoms. The van der Waals surface area contributed by atoms with Crippen LogP contribution in [0.25, 0.3) is 0 Å². The lowest BCUT2D eigenvalue weighted by Gasteiger charge is -1.97. The highest BCUT2D eigenvalue weighted by molar-refractivity contribution is 5.64. The highest BCUT2D eigenvalue weighted by Crippen LogP contribution is 2.38. The summed E-state index contributed by atoms with van der Waals surface area (Å²) in [4.78, 5) is 27.8. The topological polar surface area (TPSA) is 150 Å². The molecule has 114 valence electrons. The summed E-state index contributed by atoms with van der Waals surface area (Å²) in [6.45, 7) is 0. The number of hydrogen-bond donors (Lipinski definition) is 1. The van der Waals surface area contributed by atoms with Gasteiger partial charge in [0.25, 0.3) is 11.4 Å². The molecule has 0 atom stereocenters. The number of aromatic hydroxyl groups is 1. The summed E-state index contributed by atoms with van der Waals surface area (Å²) in [7, 11) is 0. The lowest BCUT2D eigenvalue weighted by atomic mass is 10.2. The molecule has 2 aromatic rings. The molecule has 0 heterocycles. The Hall–Kier alpha value is -3.56. The van der Waals surface area contributed by atoms with Crippen LogP contribution in [-0.2, 0) is 0 Å². The summed E-state index contributed by atoms with van der Waals surface area (Å²) < 4.78 is 0. The molecule has 10 heteroatoms. The smallest absolute Gasteiger partial charge is 0.324 e. The van der Waals surface area contributed by atoms with E-state index >= 15 is 0 Å². The number of non-ortho nitro benzene ring substituents is 1. The molecule has 2 rings (SSSR count). The molecule has 0 amide bonds. The lowest BCUT2D eigenvalue weighted by molar-refractivity contribution is -0.404. The minimum atomic E-state index is -1.21. The van der Waals surface area contributed by atoms with Gasteiger partial charge in [0, 0.05) is 0 Å². The number of phenolic OH excluding ortho intramolecular Hbond substituents is 1. The van der Waals surface area contributed by atoms with E-state index in [0.717, 1.165) is 0 Å². The molecule has 0 aliphatic carbocycles. The number of benzene rings is 2. The number of rotatable bonds is 3. The highest BCUT2D eigenvalue weighted by Gasteiger charge is 2.30. The number of nitro groups is 3. The minimum Gasteiger partial charge on any atom is -0.497 e. The van der Waals surface area contributed by atoms with Crippen LogP contribution in [0.2, 0.25) is 0 Å². The van der Waals surface area contributed by atoms with Crippen molar-refractivity contribution in [3.8, 4) is 5.75 Å². The van der Waals surface area contributed by atoms with Gasteiger partial charge in [-0.1, -0.05) is 36.4 Å². The third-order valence-electron chi connectivity index (χ3n) is 2.33.